The number of alkyl halides is 3. The highest BCUT2D eigenvalue weighted by atomic mass is 32.2. The SMILES string of the molecule is CSc1ccc(CNC(=O)C2CCCN(c3ncnc4nn(-c5ccc(C(F)(F)F)cc5)cc34)CC2)cc1. The molecule has 3 heterocycles. The van der Waals surface area contributed by atoms with Crippen molar-refractivity contribution in [1.82, 2.24) is 25.1 Å². The van der Waals surface area contributed by atoms with E-state index in [1.165, 1.54) is 28.0 Å². The molecule has 1 aliphatic heterocycles. The molecule has 1 aliphatic rings. The van der Waals surface area contributed by atoms with Crippen molar-refractivity contribution in [2.45, 2.75) is 36.9 Å². The Bertz CT molecular complexity index is 1410. The number of nitrogens with one attached hydrogen (secondary N) is 1. The minimum Gasteiger partial charge on any atom is -0.356 e. The van der Waals surface area contributed by atoms with E-state index < -0.39 is 11.7 Å². The first-order valence-corrected chi connectivity index (χ1v) is 13.6. The van der Waals surface area contributed by atoms with Gasteiger partial charge in [-0.3, -0.25) is 4.79 Å². The van der Waals surface area contributed by atoms with Crippen LogP contribution in [0.25, 0.3) is 16.7 Å². The van der Waals surface area contributed by atoms with Gasteiger partial charge in [-0.05, 0) is 67.5 Å². The molecule has 198 valence electrons. The molecule has 0 radical (unpaired) electrons. The number of nitrogens with zero attached hydrogens (tertiary/aromatic N) is 5. The molecule has 1 amide bonds. The number of benzene rings is 2. The highest BCUT2D eigenvalue weighted by Crippen LogP contribution is 2.31. The van der Waals surface area contributed by atoms with Gasteiger partial charge >= 0.3 is 6.18 Å². The molecule has 1 N–H and O–H groups in total. The molecular weight excluding hydrogens is 513 g/mol. The van der Waals surface area contributed by atoms with Crippen LogP contribution >= 0.6 is 11.8 Å². The summed E-state index contributed by atoms with van der Waals surface area (Å²) in [6, 6.07) is 13.0. The Morgan fingerprint density at radius 1 is 1.05 bits per heavy atom. The third kappa shape index (κ3) is 5.77. The monoisotopic (exact) mass is 540 g/mol. The summed E-state index contributed by atoms with van der Waals surface area (Å²) >= 11 is 1.68. The number of hydrogen-bond donors (Lipinski definition) is 1. The minimum atomic E-state index is -4.40. The number of amides is 1. The van der Waals surface area contributed by atoms with E-state index in [-0.39, 0.29) is 11.8 Å². The summed E-state index contributed by atoms with van der Waals surface area (Å²) in [5, 5.41) is 8.24. The first-order chi connectivity index (χ1) is 18.3. The molecule has 5 rings (SSSR count). The van der Waals surface area contributed by atoms with E-state index in [1.54, 1.807) is 18.0 Å². The van der Waals surface area contributed by atoms with Crippen molar-refractivity contribution in [3.8, 4) is 5.69 Å². The smallest absolute Gasteiger partial charge is 0.356 e. The molecular formula is C27H27F3N6OS. The van der Waals surface area contributed by atoms with E-state index in [2.05, 4.69) is 37.4 Å². The van der Waals surface area contributed by atoms with Gasteiger partial charge in [0.2, 0.25) is 5.91 Å². The number of thioether (sulfide) groups is 1. The van der Waals surface area contributed by atoms with Gasteiger partial charge < -0.3 is 10.2 Å². The summed E-state index contributed by atoms with van der Waals surface area (Å²) in [7, 11) is 0. The summed E-state index contributed by atoms with van der Waals surface area (Å²) in [6.07, 6.45) is 3.13. The normalized spacial score (nSPS) is 16.4. The van der Waals surface area contributed by atoms with Gasteiger partial charge in [-0.1, -0.05) is 12.1 Å². The van der Waals surface area contributed by atoms with E-state index in [9.17, 15) is 18.0 Å². The van der Waals surface area contributed by atoms with Crippen molar-refractivity contribution in [1.29, 1.82) is 0 Å². The maximum Gasteiger partial charge on any atom is 0.416 e. The molecule has 2 aromatic carbocycles. The summed E-state index contributed by atoms with van der Waals surface area (Å²) in [5.41, 5.74) is 1.31. The van der Waals surface area contributed by atoms with Crippen LogP contribution in [0.5, 0.6) is 0 Å². The van der Waals surface area contributed by atoms with Gasteiger partial charge in [0.05, 0.1) is 16.6 Å². The van der Waals surface area contributed by atoms with Gasteiger partial charge in [0.1, 0.15) is 12.1 Å². The number of hydrogen-bond acceptors (Lipinski definition) is 6. The van der Waals surface area contributed by atoms with E-state index >= 15 is 0 Å². The fraction of sp³-hybridized carbons (Fsp3) is 0.333. The van der Waals surface area contributed by atoms with Crippen molar-refractivity contribution >= 4 is 34.5 Å². The number of halogens is 3. The first kappa shape index (κ1) is 26.0. The van der Waals surface area contributed by atoms with Crippen molar-refractivity contribution in [2.24, 2.45) is 5.92 Å². The molecule has 38 heavy (non-hydrogen) atoms. The van der Waals surface area contributed by atoms with Crippen LogP contribution in [0.2, 0.25) is 0 Å². The van der Waals surface area contributed by atoms with Crippen LogP contribution in [-0.4, -0.2) is 45.0 Å². The number of fused-ring (bicyclic) bond motifs is 1. The Balaban J connectivity index is 1.26. The number of carbonyl (C=O) groups excluding carboxylic acids is 1. The maximum atomic E-state index is 12.9. The lowest BCUT2D eigenvalue weighted by Gasteiger charge is -2.21. The largest absolute Gasteiger partial charge is 0.416 e. The van der Waals surface area contributed by atoms with E-state index in [4.69, 9.17) is 0 Å². The van der Waals surface area contributed by atoms with E-state index in [0.29, 0.717) is 42.0 Å². The van der Waals surface area contributed by atoms with Gasteiger partial charge in [-0.2, -0.15) is 13.2 Å². The van der Waals surface area contributed by atoms with Crippen molar-refractivity contribution in [3.63, 3.8) is 0 Å². The van der Waals surface area contributed by atoms with Crippen LogP contribution in [0.3, 0.4) is 0 Å². The molecule has 0 spiro atoms. The Morgan fingerprint density at radius 3 is 2.53 bits per heavy atom. The highest BCUT2D eigenvalue weighted by molar-refractivity contribution is 7.98. The molecule has 0 saturated carbocycles. The molecule has 1 atom stereocenters. The van der Waals surface area contributed by atoms with E-state index in [0.717, 1.165) is 37.1 Å². The number of carbonyl (C=O) groups is 1. The van der Waals surface area contributed by atoms with Gasteiger partial charge in [0.25, 0.3) is 0 Å². The van der Waals surface area contributed by atoms with Crippen LogP contribution in [0, 0.1) is 5.92 Å². The summed E-state index contributed by atoms with van der Waals surface area (Å²) < 4.78 is 40.3. The van der Waals surface area contributed by atoms with Crippen molar-refractivity contribution < 1.29 is 18.0 Å². The Labute approximate surface area is 222 Å². The fourth-order valence-corrected chi connectivity index (χ4v) is 5.07. The third-order valence-corrected chi connectivity index (χ3v) is 7.52. The Morgan fingerprint density at radius 2 is 1.82 bits per heavy atom. The molecule has 7 nitrogen and oxygen atoms in total. The molecule has 0 bridgehead atoms. The lowest BCUT2D eigenvalue weighted by molar-refractivity contribution is -0.137. The molecule has 1 fully saturated rings. The third-order valence-electron chi connectivity index (χ3n) is 6.78. The number of aromatic nitrogens is 4. The first-order valence-electron chi connectivity index (χ1n) is 12.4. The molecule has 11 heteroatoms. The predicted molar refractivity (Wildman–Crippen MR) is 141 cm³/mol. The molecule has 1 unspecified atom stereocenters. The zero-order chi connectivity index (χ0) is 26.7. The number of rotatable bonds is 6. The van der Waals surface area contributed by atoms with Gasteiger partial charge in [-0.15, -0.1) is 16.9 Å². The topological polar surface area (TPSA) is 75.9 Å². The van der Waals surface area contributed by atoms with Crippen molar-refractivity contribution in [2.75, 3.05) is 24.2 Å². The van der Waals surface area contributed by atoms with Crippen LogP contribution in [0.1, 0.15) is 30.4 Å². The van der Waals surface area contributed by atoms with Crippen LogP contribution in [-0.2, 0) is 17.5 Å². The fourth-order valence-electron chi connectivity index (χ4n) is 4.66. The number of anilines is 1. The highest BCUT2D eigenvalue weighted by Gasteiger charge is 2.30. The lowest BCUT2D eigenvalue weighted by atomic mass is 10.00. The second-order valence-electron chi connectivity index (χ2n) is 9.23. The van der Waals surface area contributed by atoms with Gasteiger partial charge in [-0.25, -0.2) is 14.6 Å². The van der Waals surface area contributed by atoms with E-state index in [1.807, 2.05) is 18.4 Å². The lowest BCUT2D eigenvalue weighted by Crippen LogP contribution is -2.31. The van der Waals surface area contributed by atoms with Gasteiger partial charge in [0.15, 0.2) is 5.65 Å². The zero-order valence-electron chi connectivity index (χ0n) is 20.8. The summed E-state index contributed by atoms with van der Waals surface area (Å²) in [6.45, 7) is 1.89. The van der Waals surface area contributed by atoms with Gasteiger partial charge in [0, 0.05) is 36.6 Å². The molecule has 1 saturated heterocycles. The van der Waals surface area contributed by atoms with Crippen LogP contribution < -0.4 is 10.2 Å². The molecule has 4 aromatic rings. The predicted octanol–water partition coefficient (Wildman–Crippen LogP) is 5.48. The minimum absolute atomic E-state index is 0.0590. The Kier molecular flexibility index (Phi) is 7.55. The summed E-state index contributed by atoms with van der Waals surface area (Å²) in [4.78, 5) is 25.0. The Hall–Kier alpha value is -3.60. The standard InChI is InChI=1S/C27H27F3N6OS/c1-38-22-10-4-18(5-11-22)15-31-26(37)19-3-2-13-35(14-12-19)25-23-16-36(34-24(23)32-17-33-25)21-8-6-20(7-9-21)27(28,29)30/h4-11,16-17,19H,2-3,12-15H2,1H3,(H,31,37). The van der Waals surface area contributed by atoms with Crippen LogP contribution in [0.15, 0.2) is 66.0 Å². The second kappa shape index (κ2) is 11.0. The zero-order valence-corrected chi connectivity index (χ0v) is 21.6. The molecule has 2 aromatic heterocycles. The van der Waals surface area contributed by atoms with Crippen LogP contribution in [0.4, 0.5) is 19.0 Å². The quantitative estimate of drug-likeness (QED) is 0.327. The molecule has 0 aliphatic carbocycles. The maximum absolute atomic E-state index is 12.9. The average molecular weight is 541 g/mol. The summed E-state index contributed by atoms with van der Waals surface area (Å²) in [5.74, 6) is 0.685. The van der Waals surface area contributed by atoms with Crippen molar-refractivity contribution in [3.05, 3.63) is 72.2 Å². The second-order valence-corrected chi connectivity index (χ2v) is 10.1. The average Bonchev–Trinajstić information content (AvgIpc) is 3.22.